The maximum absolute atomic E-state index is 12.9. The van der Waals surface area contributed by atoms with Crippen LogP contribution in [0.25, 0.3) is 0 Å². The Hall–Kier alpha value is -1.97. The number of rotatable bonds is 9. The number of nitrogens with zero attached hydrogens (tertiary/aromatic N) is 2. The van der Waals surface area contributed by atoms with Crippen molar-refractivity contribution in [3.63, 3.8) is 0 Å². The van der Waals surface area contributed by atoms with Crippen molar-refractivity contribution in [2.45, 2.75) is 45.4 Å². The van der Waals surface area contributed by atoms with Gasteiger partial charge in [0.1, 0.15) is 0 Å². The van der Waals surface area contributed by atoms with E-state index >= 15 is 0 Å². The smallest absolute Gasteiger partial charge is 0.310 e. The van der Waals surface area contributed by atoms with Gasteiger partial charge in [-0.25, -0.2) is 8.42 Å². The maximum atomic E-state index is 12.9. The molecule has 1 N–H and O–H groups in total. The van der Waals surface area contributed by atoms with E-state index in [1.807, 2.05) is 4.90 Å². The molecule has 2 rings (SSSR count). The monoisotopic (exact) mass is 439 g/mol. The largest absolute Gasteiger partial charge is 0.466 e. The summed E-state index contributed by atoms with van der Waals surface area (Å²) in [5.41, 5.74) is 1.07. The minimum Gasteiger partial charge on any atom is -0.466 e. The number of anilines is 1. The van der Waals surface area contributed by atoms with Gasteiger partial charge in [-0.15, -0.1) is 0 Å². The summed E-state index contributed by atoms with van der Waals surface area (Å²) in [4.78, 5) is 26.7. The highest BCUT2D eigenvalue weighted by molar-refractivity contribution is 7.89. The molecule has 168 valence electrons. The first-order chi connectivity index (χ1) is 14.2. The number of likely N-dealkylation sites (tertiary alicyclic amines) is 1. The minimum absolute atomic E-state index is 0.141. The van der Waals surface area contributed by atoms with Crippen LogP contribution in [-0.4, -0.2) is 68.8 Å². The topological polar surface area (TPSA) is 96.0 Å². The lowest BCUT2D eigenvalue weighted by molar-refractivity contribution is -0.150. The molecule has 8 nitrogen and oxygen atoms in total. The van der Waals surface area contributed by atoms with Crippen LogP contribution in [0.4, 0.5) is 5.69 Å². The molecular formula is C21H33N3O5S. The van der Waals surface area contributed by atoms with Crippen molar-refractivity contribution in [2.75, 3.05) is 44.6 Å². The van der Waals surface area contributed by atoms with E-state index in [0.29, 0.717) is 37.5 Å². The Morgan fingerprint density at radius 1 is 1.23 bits per heavy atom. The van der Waals surface area contributed by atoms with Crippen molar-refractivity contribution >= 4 is 27.6 Å². The molecule has 1 aromatic carbocycles. The van der Waals surface area contributed by atoms with Crippen LogP contribution in [0.2, 0.25) is 0 Å². The van der Waals surface area contributed by atoms with E-state index < -0.39 is 10.0 Å². The summed E-state index contributed by atoms with van der Waals surface area (Å²) in [6.45, 7) is 9.59. The number of nitrogens with one attached hydrogen (secondary N) is 1. The lowest BCUT2D eigenvalue weighted by atomic mass is 9.98. The summed E-state index contributed by atoms with van der Waals surface area (Å²) in [5, 5.41) is 2.79. The highest BCUT2D eigenvalue weighted by Crippen LogP contribution is 2.24. The summed E-state index contributed by atoms with van der Waals surface area (Å²) >= 11 is 0. The van der Waals surface area contributed by atoms with E-state index in [0.717, 1.165) is 19.4 Å². The molecule has 1 unspecified atom stereocenters. The Balaban J connectivity index is 2.06. The number of hydrogen-bond acceptors (Lipinski definition) is 6. The second-order valence-electron chi connectivity index (χ2n) is 7.44. The molecule has 0 aromatic heterocycles. The number of benzene rings is 1. The average Bonchev–Trinajstić information content (AvgIpc) is 2.70. The van der Waals surface area contributed by atoms with E-state index in [1.54, 1.807) is 39.8 Å². The molecule has 1 saturated heterocycles. The first-order valence-electron chi connectivity index (χ1n) is 10.5. The zero-order chi connectivity index (χ0) is 22.3. The number of sulfonamides is 1. The molecule has 1 amide bonds. The van der Waals surface area contributed by atoms with Crippen LogP contribution in [0.5, 0.6) is 0 Å². The molecule has 1 atom stereocenters. The molecule has 1 aliphatic rings. The van der Waals surface area contributed by atoms with Gasteiger partial charge in [0.25, 0.3) is 0 Å². The van der Waals surface area contributed by atoms with Crippen molar-refractivity contribution in [1.82, 2.24) is 9.21 Å². The van der Waals surface area contributed by atoms with Crippen molar-refractivity contribution in [1.29, 1.82) is 0 Å². The molecule has 0 aliphatic carbocycles. The van der Waals surface area contributed by atoms with E-state index in [-0.39, 0.29) is 29.2 Å². The van der Waals surface area contributed by atoms with Crippen LogP contribution in [0.15, 0.2) is 23.1 Å². The molecule has 1 aromatic rings. The lowest BCUT2D eigenvalue weighted by Crippen LogP contribution is -2.43. The number of ether oxygens (including phenoxy) is 1. The summed E-state index contributed by atoms with van der Waals surface area (Å²) in [5.74, 6) is -0.668. The number of esters is 1. The molecule has 1 aliphatic heterocycles. The van der Waals surface area contributed by atoms with Crippen LogP contribution in [0, 0.1) is 12.8 Å². The molecule has 0 saturated carbocycles. The Morgan fingerprint density at radius 2 is 1.93 bits per heavy atom. The van der Waals surface area contributed by atoms with Crippen molar-refractivity contribution < 1.29 is 22.7 Å². The number of piperidine rings is 1. The van der Waals surface area contributed by atoms with E-state index in [1.165, 1.54) is 10.4 Å². The fourth-order valence-electron chi connectivity index (χ4n) is 3.71. The number of hydrogen-bond donors (Lipinski definition) is 1. The first kappa shape index (κ1) is 24.3. The zero-order valence-corrected chi connectivity index (χ0v) is 19.1. The summed E-state index contributed by atoms with van der Waals surface area (Å²) in [7, 11) is -3.62. The fraction of sp³-hybridized carbons (Fsp3) is 0.619. The molecule has 9 heteroatoms. The van der Waals surface area contributed by atoms with Crippen LogP contribution in [0.1, 0.15) is 39.2 Å². The Morgan fingerprint density at radius 3 is 2.57 bits per heavy atom. The number of carbonyl (C=O) groups is 2. The van der Waals surface area contributed by atoms with Crippen LogP contribution in [-0.2, 0) is 24.3 Å². The third kappa shape index (κ3) is 6.02. The quantitative estimate of drug-likeness (QED) is 0.593. The standard InChI is InChI=1S/C21H33N3O5S/c1-5-24(6-2)30(27,28)19-13-18(11-10-16(19)4)22-20(25)15-23-12-8-9-17(14-23)21(26)29-7-3/h10-11,13,17H,5-9,12,14-15H2,1-4H3,(H,22,25). The first-order valence-corrected chi connectivity index (χ1v) is 12.0. The molecule has 0 radical (unpaired) electrons. The van der Waals surface area contributed by atoms with Gasteiger partial charge in [0, 0.05) is 25.3 Å². The van der Waals surface area contributed by atoms with Crippen LogP contribution >= 0.6 is 0 Å². The van der Waals surface area contributed by atoms with Gasteiger partial charge in [0.15, 0.2) is 0 Å². The lowest BCUT2D eigenvalue weighted by Gasteiger charge is -2.30. The molecule has 1 fully saturated rings. The zero-order valence-electron chi connectivity index (χ0n) is 18.3. The maximum Gasteiger partial charge on any atom is 0.310 e. The third-order valence-electron chi connectivity index (χ3n) is 5.29. The SMILES string of the molecule is CCOC(=O)C1CCCN(CC(=O)Nc2ccc(C)c(S(=O)(=O)N(CC)CC)c2)C1. The molecule has 30 heavy (non-hydrogen) atoms. The van der Waals surface area contributed by atoms with Crippen molar-refractivity contribution in [3.05, 3.63) is 23.8 Å². The predicted octanol–water partition coefficient (Wildman–Crippen LogP) is 2.24. The number of carbonyl (C=O) groups excluding carboxylic acids is 2. The second-order valence-corrected chi connectivity index (χ2v) is 9.35. The van der Waals surface area contributed by atoms with Gasteiger partial charge in [0.05, 0.1) is 24.0 Å². The van der Waals surface area contributed by atoms with Crippen LogP contribution < -0.4 is 5.32 Å². The second kappa shape index (κ2) is 10.9. The fourth-order valence-corrected chi connectivity index (χ4v) is 5.42. The van der Waals surface area contributed by atoms with Crippen molar-refractivity contribution in [2.24, 2.45) is 5.92 Å². The minimum atomic E-state index is -3.62. The summed E-state index contributed by atoms with van der Waals surface area (Å²) in [6.07, 6.45) is 1.59. The van der Waals surface area contributed by atoms with Gasteiger partial charge in [-0.3, -0.25) is 14.5 Å². The van der Waals surface area contributed by atoms with Gasteiger partial charge >= 0.3 is 5.97 Å². The number of amides is 1. The van der Waals surface area contributed by atoms with E-state index in [4.69, 9.17) is 4.74 Å². The summed E-state index contributed by atoms with van der Waals surface area (Å²) in [6, 6.07) is 4.91. The van der Waals surface area contributed by atoms with Gasteiger partial charge in [-0.2, -0.15) is 4.31 Å². The molecular weight excluding hydrogens is 406 g/mol. The van der Waals surface area contributed by atoms with E-state index in [9.17, 15) is 18.0 Å². The highest BCUT2D eigenvalue weighted by Gasteiger charge is 2.28. The Bertz CT molecular complexity index is 852. The Labute approximate surface area is 179 Å². The average molecular weight is 440 g/mol. The van der Waals surface area contributed by atoms with Crippen molar-refractivity contribution in [3.8, 4) is 0 Å². The van der Waals surface area contributed by atoms with Crippen LogP contribution in [0.3, 0.4) is 0 Å². The predicted molar refractivity (Wildman–Crippen MR) is 116 cm³/mol. The van der Waals surface area contributed by atoms with Gasteiger partial charge in [-0.1, -0.05) is 19.9 Å². The number of aryl methyl sites for hydroxylation is 1. The van der Waals surface area contributed by atoms with E-state index in [2.05, 4.69) is 5.32 Å². The third-order valence-corrected chi connectivity index (χ3v) is 7.48. The molecule has 1 heterocycles. The van der Waals surface area contributed by atoms with Gasteiger partial charge in [0.2, 0.25) is 15.9 Å². The van der Waals surface area contributed by atoms with Gasteiger partial charge in [-0.05, 0) is 50.9 Å². The molecule has 0 bridgehead atoms. The highest BCUT2D eigenvalue weighted by atomic mass is 32.2. The summed E-state index contributed by atoms with van der Waals surface area (Å²) < 4.78 is 32.3. The molecule has 0 spiro atoms. The Kier molecular flexibility index (Phi) is 8.81. The van der Waals surface area contributed by atoms with Gasteiger partial charge < -0.3 is 10.1 Å². The normalized spacial score (nSPS) is 17.7.